The lowest BCUT2D eigenvalue weighted by atomic mass is 9.66. The van der Waals surface area contributed by atoms with Crippen molar-refractivity contribution >= 4 is 17.6 Å². The van der Waals surface area contributed by atoms with Gasteiger partial charge >= 0.3 is 5.97 Å². The van der Waals surface area contributed by atoms with Crippen LogP contribution in [0.15, 0.2) is 24.3 Å². The van der Waals surface area contributed by atoms with Crippen LogP contribution in [-0.2, 0) is 14.3 Å². The highest BCUT2D eigenvalue weighted by Crippen LogP contribution is 2.44. The predicted molar refractivity (Wildman–Crippen MR) is 92.6 cm³/mol. The molecule has 2 N–H and O–H groups in total. The van der Waals surface area contributed by atoms with E-state index >= 15 is 0 Å². The molecule has 6 heteroatoms. The number of amides is 1. The lowest BCUT2D eigenvalue weighted by Crippen LogP contribution is -2.41. The molecule has 1 aliphatic carbocycles. The topological polar surface area (TPSA) is 84.9 Å². The van der Waals surface area contributed by atoms with Crippen LogP contribution in [0.4, 0.5) is 5.69 Å². The summed E-state index contributed by atoms with van der Waals surface area (Å²) in [7, 11) is 0. The number of aliphatic carboxylic acids is 1. The molecule has 0 atom stereocenters. The van der Waals surface area contributed by atoms with Crippen LogP contribution in [0, 0.1) is 11.3 Å². The number of nitrogens with one attached hydrogen (secondary N) is 1. The molecule has 2 aliphatic rings. The number of ether oxygens (including phenoxy) is 2. The van der Waals surface area contributed by atoms with E-state index in [0.717, 1.165) is 38.2 Å². The van der Waals surface area contributed by atoms with E-state index in [1.54, 1.807) is 12.1 Å². The first kappa shape index (κ1) is 17.7. The molecule has 2 fully saturated rings. The molecule has 1 saturated heterocycles. The number of anilines is 1. The van der Waals surface area contributed by atoms with Gasteiger partial charge in [0, 0.05) is 25.3 Å². The Balaban J connectivity index is 1.47. The van der Waals surface area contributed by atoms with E-state index in [1.165, 1.54) is 0 Å². The fourth-order valence-electron chi connectivity index (χ4n) is 3.34. The first-order valence-corrected chi connectivity index (χ1v) is 8.91. The second-order valence-corrected chi connectivity index (χ2v) is 7.06. The molecular weight excluding hydrogens is 322 g/mol. The number of carboxylic acids is 1. The Kier molecular flexibility index (Phi) is 5.58. The Morgan fingerprint density at radius 2 is 1.88 bits per heavy atom. The zero-order valence-corrected chi connectivity index (χ0v) is 14.3. The van der Waals surface area contributed by atoms with Crippen LogP contribution in [0.5, 0.6) is 5.75 Å². The lowest BCUT2D eigenvalue weighted by Gasteiger charge is -2.36. The molecule has 1 amide bonds. The van der Waals surface area contributed by atoms with Crippen molar-refractivity contribution < 1.29 is 24.2 Å². The van der Waals surface area contributed by atoms with Crippen LogP contribution in [0.1, 0.15) is 38.5 Å². The second kappa shape index (κ2) is 7.87. The maximum Gasteiger partial charge on any atom is 0.310 e. The molecule has 1 aromatic carbocycles. The van der Waals surface area contributed by atoms with Gasteiger partial charge in [0.1, 0.15) is 5.75 Å². The number of hydrogen-bond acceptors (Lipinski definition) is 4. The van der Waals surface area contributed by atoms with Crippen molar-refractivity contribution in [3.63, 3.8) is 0 Å². The number of rotatable bonds is 7. The van der Waals surface area contributed by atoms with Gasteiger partial charge in [-0.05, 0) is 55.9 Å². The Hall–Kier alpha value is -2.08. The number of carbonyl (C=O) groups excluding carboxylic acids is 1. The third-order valence-corrected chi connectivity index (χ3v) is 5.23. The minimum Gasteiger partial charge on any atom is -0.493 e. The maximum atomic E-state index is 12.1. The predicted octanol–water partition coefficient (Wildman–Crippen LogP) is 3.08. The van der Waals surface area contributed by atoms with Gasteiger partial charge in [-0.1, -0.05) is 6.42 Å². The summed E-state index contributed by atoms with van der Waals surface area (Å²) in [4.78, 5) is 23.5. The van der Waals surface area contributed by atoms with Crippen molar-refractivity contribution in [2.75, 3.05) is 25.1 Å². The highest BCUT2D eigenvalue weighted by atomic mass is 16.5. The molecule has 1 saturated carbocycles. The molecule has 6 nitrogen and oxygen atoms in total. The summed E-state index contributed by atoms with van der Waals surface area (Å²) in [5.74, 6) is 0.178. The minimum atomic E-state index is -0.870. The summed E-state index contributed by atoms with van der Waals surface area (Å²) in [6.07, 6.45) is 4.12. The third-order valence-electron chi connectivity index (χ3n) is 5.23. The highest BCUT2D eigenvalue weighted by Gasteiger charge is 2.45. The van der Waals surface area contributed by atoms with E-state index in [0.29, 0.717) is 31.1 Å². The van der Waals surface area contributed by atoms with E-state index in [9.17, 15) is 14.7 Å². The highest BCUT2D eigenvalue weighted by molar-refractivity contribution is 5.94. The van der Waals surface area contributed by atoms with Crippen LogP contribution >= 0.6 is 0 Å². The first-order valence-electron chi connectivity index (χ1n) is 8.91. The van der Waals surface area contributed by atoms with Gasteiger partial charge in [-0.15, -0.1) is 0 Å². The fourth-order valence-corrected chi connectivity index (χ4v) is 3.34. The lowest BCUT2D eigenvalue weighted by molar-refractivity contribution is -0.157. The largest absolute Gasteiger partial charge is 0.493 e. The Morgan fingerprint density at radius 3 is 2.44 bits per heavy atom. The zero-order chi connectivity index (χ0) is 17.7. The van der Waals surface area contributed by atoms with E-state index < -0.39 is 11.4 Å². The third kappa shape index (κ3) is 4.51. The maximum absolute atomic E-state index is 12.1. The standard InChI is InChI=1S/C19H25NO5/c21-17(12-19(18(22)23)8-1-9-19)20-15-2-4-16(5-3-15)25-13-14-6-10-24-11-7-14/h2-5,14H,1,6-13H2,(H,20,21)(H,22,23). The van der Waals surface area contributed by atoms with Crippen molar-refractivity contribution in [3.8, 4) is 5.75 Å². The quantitative estimate of drug-likeness (QED) is 0.792. The van der Waals surface area contributed by atoms with E-state index in [-0.39, 0.29) is 12.3 Å². The van der Waals surface area contributed by atoms with Gasteiger partial charge in [-0.25, -0.2) is 0 Å². The SMILES string of the molecule is O=C(CC1(C(=O)O)CCC1)Nc1ccc(OCC2CCOCC2)cc1. The van der Waals surface area contributed by atoms with Crippen molar-refractivity contribution in [2.45, 2.75) is 38.5 Å². The summed E-state index contributed by atoms with van der Waals surface area (Å²) >= 11 is 0. The molecule has 136 valence electrons. The monoisotopic (exact) mass is 347 g/mol. The van der Waals surface area contributed by atoms with Gasteiger partial charge in [-0.3, -0.25) is 9.59 Å². The normalized spacial score (nSPS) is 19.7. The number of carboxylic acid groups (broad SMARTS) is 1. The smallest absolute Gasteiger partial charge is 0.310 e. The van der Waals surface area contributed by atoms with Crippen LogP contribution < -0.4 is 10.1 Å². The van der Waals surface area contributed by atoms with Crippen molar-refractivity contribution in [3.05, 3.63) is 24.3 Å². The van der Waals surface area contributed by atoms with Gasteiger partial charge in [0.15, 0.2) is 0 Å². The van der Waals surface area contributed by atoms with Gasteiger partial charge in [0.25, 0.3) is 0 Å². The summed E-state index contributed by atoms with van der Waals surface area (Å²) < 4.78 is 11.1. The van der Waals surface area contributed by atoms with Crippen molar-refractivity contribution in [1.29, 1.82) is 0 Å². The molecule has 0 aromatic heterocycles. The van der Waals surface area contributed by atoms with Gasteiger partial charge in [-0.2, -0.15) is 0 Å². The van der Waals surface area contributed by atoms with Gasteiger partial charge in [0.2, 0.25) is 5.91 Å². The Bertz CT molecular complexity index is 603. The van der Waals surface area contributed by atoms with E-state index in [1.807, 2.05) is 12.1 Å². The second-order valence-electron chi connectivity index (χ2n) is 7.06. The molecule has 1 aromatic rings. The number of hydrogen-bond donors (Lipinski definition) is 2. The summed E-state index contributed by atoms with van der Waals surface area (Å²) in [6, 6.07) is 7.22. The average molecular weight is 347 g/mol. The summed E-state index contributed by atoms with van der Waals surface area (Å²) in [6.45, 7) is 2.28. The number of carbonyl (C=O) groups is 2. The molecular formula is C19H25NO5. The summed E-state index contributed by atoms with van der Waals surface area (Å²) in [5, 5.41) is 12.1. The van der Waals surface area contributed by atoms with Crippen LogP contribution in [0.25, 0.3) is 0 Å². The molecule has 0 unspecified atom stereocenters. The van der Waals surface area contributed by atoms with Gasteiger partial charge < -0.3 is 19.9 Å². The molecule has 1 aliphatic heterocycles. The Morgan fingerprint density at radius 1 is 1.20 bits per heavy atom. The average Bonchev–Trinajstić information content (AvgIpc) is 2.58. The van der Waals surface area contributed by atoms with Crippen LogP contribution in [0.3, 0.4) is 0 Å². The van der Waals surface area contributed by atoms with E-state index in [4.69, 9.17) is 9.47 Å². The molecule has 25 heavy (non-hydrogen) atoms. The molecule has 0 bridgehead atoms. The van der Waals surface area contributed by atoms with Gasteiger partial charge in [0.05, 0.1) is 12.0 Å². The molecule has 1 heterocycles. The minimum absolute atomic E-state index is 0.0321. The molecule has 0 spiro atoms. The first-order chi connectivity index (χ1) is 12.1. The van der Waals surface area contributed by atoms with Crippen molar-refractivity contribution in [2.24, 2.45) is 11.3 Å². The van der Waals surface area contributed by atoms with Crippen LogP contribution in [-0.4, -0.2) is 36.8 Å². The van der Waals surface area contributed by atoms with E-state index in [2.05, 4.69) is 5.32 Å². The molecule has 3 rings (SSSR count). The number of benzene rings is 1. The van der Waals surface area contributed by atoms with Crippen molar-refractivity contribution in [1.82, 2.24) is 0 Å². The Labute approximate surface area is 147 Å². The molecule has 0 radical (unpaired) electrons. The zero-order valence-electron chi connectivity index (χ0n) is 14.3. The summed E-state index contributed by atoms with van der Waals surface area (Å²) in [5.41, 5.74) is -0.208. The fraction of sp³-hybridized carbons (Fsp3) is 0.579. The van der Waals surface area contributed by atoms with Crippen LogP contribution in [0.2, 0.25) is 0 Å².